The Morgan fingerprint density at radius 1 is 1.12 bits per heavy atom. The van der Waals surface area contributed by atoms with Gasteiger partial charge in [0.25, 0.3) is 0 Å². The summed E-state index contributed by atoms with van der Waals surface area (Å²) in [4.78, 5) is 26.1. The number of carbonyl (C=O) groups is 2. The van der Waals surface area contributed by atoms with Crippen molar-refractivity contribution in [1.82, 2.24) is 0 Å². The third-order valence-electron chi connectivity index (χ3n) is 7.21. The SMILES string of the molecule is CC/C=C\CCCC(=O)C(CCC)C(=O)O[C@@H]1C[C@H](C)CC[C@H]1C(C)(C)c1ccccc1. The van der Waals surface area contributed by atoms with E-state index in [1.165, 1.54) is 5.56 Å². The van der Waals surface area contributed by atoms with E-state index in [0.29, 0.717) is 18.8 Å². The molecule has 0 bridgehead atoms. The zero-order chi connectivity index (χ0) is 23.6. The monoisotopic (exact) mass is 440 g/mol. The number of carbonyl (C=O) groups excluding carboxylic acids is 2. The van der Waals surface area contributed by atoms with E-state index in [9.17, 15) is 9.59 Å². The number of rotatable bonds is 12. The van der Waals surface area contributed by atoms with Gasteiger partial charge in [-0.3, -0.25) is 9.59 Å². The van der Waals surface area contributed by atoms with Gasteiger partial charge in [-0.05, 0) is 55.4 Å². The summed E-state index contributed by atoms with van der Waals surface area (Å²) in [6.07, 6.45) is 11.7. The van der Waals surface area contributed by atoms with Gasteiger partial charge in [-0.2, -0.15) is 0 Å². The van der Waals surface area contributed by atoms with E-state index in [-0.39, 0.29) is 29.2 Å². The molecule has 1 saturated carbocycles. The second-order valence-electron chi connectivity index (χ2n) is 10.2. The van der Waals surface area contributed by atoms with Crippen LogP contribution >= 0.6 is 0 Å². The summed E-state index contributed by atoms with van der Waals surface area (Å²) >= 11 is 0. The van der Waals surface area contributed by atoms with Gasteiger partial charge >= 0.3 is 5.97 Å². The van der Waals surface area contributed by atoms with Gasteiger partial charge in [0.2, 0.25) is 0 Å². The molecule has 3 heteroatoms. The van der Waals surface area contributed by atoms with E-state index in [4.69, 9.17) is 4.74 Å². The molecule has 4 atom stereocenters. The summed E-state index contributed by atoms with van der Waals surface area (Å²) in [5.74, 6) is -0.0887. The van der Waals surface area contributed by atoms with Crippen molar-refractivity contribution in [3.8, 4) is 0 Å². The number of ketones is 1. The smallest absolute Gasteiger partial charge is 0.316 e. The Hall–Kier alpha value is -1.90. The minimum Gasteiger partial charge on any atom is -0.461 e. The third kappa shape index (κ3) is 7.32. The summed E-state index contributed by atoms with van der Waals surface area (Å²) in [6.45, 7) is 10.9. The lowest BCUT2D eigenvalue weighted by Gasteiger charge is -2.44. The number of ether oxygens (including phenoxy) is 1. The first-order valence-corrected chi connectivity index (χ1v) is 12.7. The maximum Gasteiger partial charge on any atom is 0.316 e. The van der Waals surface area contributed by atoms with Crippen molar-refractivity contribution in [1.29, 1.82) is 0 Å². The third-order valence-corrected chi connectivity index (χ3v) is 7.21. The lowest BCUT2D eigenvalue weighted by molar-refractivity contribution is -0.164. The summed E-state index contributed by atoms with van der Waals surface area (Å²) in [7, 11) is 0. The summed E-state index contributed by atoms with van der Waals surface area (Å²) < 4.78 is 6.19. The van der Waals surface area contributed by atoms with Crippen LogP contribution in [0.3, 0.4) is 0 Å². The highest BCUT2D eigenvalue weighted by atomic mass is 16.5. The van der Waals surface area contributed by atoms with Crippen LogP contribution in [0.2, 0.25) is 0 Å². The molecule has 1 aromatic rings. The van der Waals surface area contributed by atoms with Gasteiger partial charge in [0.15, 0.2) is 0 Å². The highest BCUT2D eigenvalue weighted by Crippen LogP contribution is 2.44. The Labute approximate surface area is 196 Å². The number of unbranched alkanes of at least 4 members (excludes halogenated alkanes) is 1. The number of benzene rings is 1. The minimum absolute atomic E-state index is 0.0458. The average Bonchev–Trinajstić information content (AvgIpc) is 2.77. The topological polar surface area (TPSA) is 43.4 Å². The number of hydrogen-bond donors (Lipinski definition) is 0. The quantitative estimate of drug-likeness (QED) is 0.147. The standard InChI is InChI=1S/C29H44O3/c1-6-8-9-10-14-18-26(30)24(15-7-2)28(31)32-27-21-22(3)19-20-25(27)29(4,5)23-16-12-11-13-17-23/h8-9,11-13,16-17,22,24-25,27H,6-7,10,14-15,18-21H2,1-5H3/b9-8-/t22-,24?,25-,27-/m1/s1. The van der Waals surface area contributed by atoms with Crippen LogP contribution in [0.15, 0.2) is 42.5 Å². The van der Waals surface area contributed by atoms with Crippen molar-refractivity contribution in [2.75, 3.05) is 0 Å². The van der Waals surface area contributed by atoms with Crippen LogP contribution < -0.4 is 0 Å². The molecule has 1 aromatic carbocycles. The second kappa shape index (κ2) is 13.0. The van der Waals surface area contributed by atoms with Crippen LogP contribution in [0, 0.1) is 17.8 Å². The zero-order valence-electron chi connectivity index (χ0n) is 20.9. The maximum atomic E-state index is 13.2. The average molecular weight is 441 g/mol. The normalized spacial score (nSPS) is 22.6. The van der Waals surface area contributed by atoms with Gasteiger partial charge < -0.3 is 4.74 Å². The van der Waals surface area contributed by atoms with Crippen LogP contribution in [0.4, 0.5) is 0 Å². The molecule has 32 heavy (non-hydrogen) atoms. The molecule has 0 radical (unpaired) electrons. The van der Waals surface area contributed by atoms with E-state index < -0.39 is 5.92 Å². The molecule has 2 rings (SSSR count). The van der Waals surface area contributed by atoms with Crippen LogP contribution in [0.25, 0.3) is 0 Å². The molecule has 1 fully saturated rings. The minimum atomic E-state index is -0.618. The Balaban J connectivity index is 2.11. The first kappa shape index (κ1) is 26.4. The molecule has 0 saturated heterocycles. The highest BCUT2D eigenvalue weighted by Gasteiger charge is 2.43. The molecular weight excluding hydrogens is 396 g/mol. The van der Waals surface area contributed by atoms with Crippen molar-refractivity contribution in [3.63, 3.8) is 0 Å². The molecule has 1 unspecified atom stereocenters. The van der Waals surface area contributed by atoms with E-state index >= 15 is 0 Å². The summed E-state index contributed by atoms with van der Waals surface area (Å²) in [5, 5.41) is 0. The largest absolute Gasteiger partial charge is 0.461 e. The van der Waals surface area contributed by atoms with E-state index in [1.807, 2.05) is 13.0 Å². The van der Waals surface area contributed by atoms with Crippen LogP contribution in [-0.2, 0) is 19.7 Å². The van der Waals surface area contributed by atoms with Gasteiger partial charge in [-0.15, -0.1) is 0 Å². The molecule has 0 aliphatic heterocycles. The fourth-order valence-corrected chi connectivity index (χ4v) is 5.15. The molecule has 178 valence electrons. The Morgan fingerprint density at radius 3 is 2.50 bits per heavy atom. The van der Waals surface area contributed by atoms with Gasteiger partial charge in [-0.25, -0.2) is 0 Å². The Kier molecular flexibility index (Phi) is 10.7. The van der Waals surface area contributed by atoms with Crippen molar-refractivity contribution in [3.05, 3.63) is 48.0 Å². The van der Waals surface area contributed by atoms with Gasteiger partial charge in [-0.1, -0.05) is 89.9 Å². The molecule has 0 N–H and O–H groups in total. The number of esters is 1. The molecular formula is C29H44O3. The van der Waals surface area contributed by atoms with Crippen molar-refractivity contribution in [2.24, 2.45) is 17.8 Å². The van der Waals surface area contributed by atoms with Gasteiger partial charge in [0.1, 0.15) is 17.8 Å². The summed E-state index contributed by atoms with van der Waals surface area (Å²) in [5.41, 5.74) is 1.18. The molecule has 0 aromatic heterocycles. The Morgan fingerprint density at radius 2 is 1.84 bits per heavy atom. The first-order valence-electron chi connectivity index (χ1n) is 12.7. The fraction of sp³-hybridized carbons (Fsp3) is 0.655. The molecule has 0 amide bonds. The molecule has 1 aliphatic rings. The molecule has 0 heterocycles. The fourth-order valence-electron chi connectivity index (χ4n) is 5.15. The number of Topliss-reactive ketones (excluding diaryl/α,β-unsaturated/α-hetero) is 1. The van der Waals surface area contributed by atoms with Crippen LogP contribution in [0.5, 0.6) is 0 Å². The molecule has 1 aliphatic carbocycles. The van der Waals surface area contributed by atoms with Crippen molar-refractivity contribution in [2.45, 2.75) is 104 Å². The lowest BCUT2D eigenvalue weighted by Crippen LogP contribution is -2.44. The predicted molar refractivity (Wildman–Crippen MR) is 133 cm³/mol. The van der Waals surface area contributed by atoms with E-state index in [2.05, 4.69) is 64.1 Å². The number of allylic oxidation sites excluding steroid dienone is 2. The first-order chi connectivity index (χ1) is 15.3. The molecule has 3 nitrogen and oxygen atoms in total. The molecule has 0 spiro atoms. The Bertz CT molecular complexity index is 734. The zero-order valence-corrected chi connectivity index (χ0v) is 20.9. The lowest BCUT2D eigenvalue weighted by atomic mass is 9.64. The predicted octanol–water partition coefficient (Wildman–Crippen LogP) is 7.43. The van der Waals surface area contributed by atoms with E-state index in [1.54, 1.807) is 0 Å². The summed E-state index contributed by atoms with van der Waals surface area (Å²) in [6, 6.07) is 10.5. The van der Waals surface area contributed by atoms with Gasteiger partial charge in [0, 0.05) is 12.3 Å². The van der Waals surface area contributed by atoms with E-state index in [0.717, 1.165) is 44.9 Å². The second-order valence-corrected chi connectivity index (χ2v) is 10.2. The van der Waals surface area contributed by atoms with Gasteiger partial charge in [0.05, 0.1) is 0 Å². The number of hydrogen-bond acceptors (Lipinski definition) is 3. The van der Waals surface area contributed by atoms with Crippen molar-refractivity contribution >= 4 is 11.8 Å². The maximum absolute atomic E-state index is 13.2. The van der Waals surface area contributed by atoms with Crippen LogP contribution in [0.1, 0.15) is 98.0 Å². The van der Waals surface area contributed by atoms with Crippen molar-refractivity contribution < 1.29 is 14.3 Å². The highest BCUT2D eigenvalue weighted by molar-refractivity contribution is 5.99. The van der Waals surface area contributed by atoms with Crippen LogP contribution in [-0.4, -0.2) is 17.9 Å².